The van der Waals surface area contributed by atoms with Gasteiger partial charge in [-0.3, -0.25) is 9.59 Å². The van der Waals surface area contributed by atoms with E-state index in [2.05, 4.69) is 5.32 Å². The number of benzene rings is 2. The van der Waals surface area contributed by atoms with E-state index in [0.29, 0.717) is 13.0 Å². The van der Waals surface area contributed by atoms with E-state index in [0.717, 1.165) is 16.9 Å². The second-order valence-corrected chi connectivity index (χ2v) is 6.19. The Hall–Kier alpha value is -2.82. The van der Waals surface area contributed by atoms with Gasteiger partial charge in [-0.15, -0.1) is 0 Å². The van der Waals surface area contributed by atoms with Crippen LogP contribution >= 0.6 is 0 Å². The second-order valence-electron chi connectivity index (χ2n) is 6.19. The highest BCUT2D eigenvalue weighted by Crippen LogP contribution is 2.17. The second kappa shape index (κ2) is 9.61. The highest BCUT2D eigenvalue weighted by molar-refractivity contribution is 5.83. The van der Waals surface area contributed by atoms with E-state index in [-0.39, 0.29) is 18.4 Å². The summed E-state index contributed by atoms with van der Waals surface area (Å²) < 4.78 is 5.39. The van der Waals surface area contributed by atoms with Crippen molar-refractivity contribution in [3.8, 4) is 5.75 Å². The molecule has 0 fully saturated rings. The summed E-state index contributed by atoms with van der Waals surface area (Å²) in [6, 6.07) is 16.8. The topological polar surface area (TPSA) is 75.6 Å². The van der Waals surface area contributed by atoms with Crippen LogP contribution in [0.25, 0.3) is 0 Å². The number of carbonyl (C=O) groups excluding carboxylic acids is 1. The molecule has 0 saturated carbocycles. The van der Waals surface area contributed by atoms with Crippen molar-refractivity contribution in [2.24, 2.45) is 5.92 Å². The van der Waals surface area contributed by atoms with Gasteiger partial charge in [-0.25, -0.2) is 0 Å². The average Bonchev–Trinajstić information content (AvgIpc) is 2.66. The van der Waals surface area contributed by atoms with Crippen LogP contribution in [0.4, 0.5) is 0 Å². The van der Waals surface area contributed by atoms with E-state index in [4.69, 9.17) is 4.74 Å². The van der Waals surface area contributed by atoms with Gasteiger partial charge < -0.3 is 15.2 Å². The Balaban J connectivity index is 1.93. The third-order valence-electron chi connectivity index (χ3n) is 4.28. The molecule has 26 heavy (non-hydrogen) atoms. The molecule has 2 rings (SSSR count). The number of hydrogen-bond acceptors (Lipinski definition) is 3. The number of nitrogens with one attached hydrogen (secondary N) is 1. The minimum Gasteiger partial charge on any atom is -0.494 e. The molecule has 0 bridgehead atoms. The Morgan fingerprint density at radius 3 is 2.31 bits per heavy atom. The molecule has 5 nitrogen and oxygen atoms in total. The van der Waals surface area contributed by atoms with E-state index >= 15 is 0 Å². The van der Waals surface area contributed by atoms with Crippen molar-refractivity contribution in [2.75, 3.05) is 13.2 Å². The predicted molar refractivity (Wildman–Crippen MR) is 100 cm³/mol. The molecular formula is C21H25NO4. The van der Waals surface area contributed by atoms with Gasteiger partial charge in [-0.2, -0.15) is 0 Å². The quantitative estimate of drug-likeness (QED) is 0.724. The van der Waals surface area contributed by atoms with Gasteiger partial charge in [0.2, 0.25) is 5.91 Å². The number of hydrogen-bond donors (Lipinski definition) is 2. The number of amides is 1. The number of rotatable bonds is 9. The minimum atomic E-state index is -0.924. The lowest BCUT2D eigenvalue weighted by Gasteiger charge is -2.17. The van der Waals surface area contributed by atoms with Crippen molar-refractivity contribution >= 4 is 11.9 Å². The largest absolute Gasteiger partial charge is 0.494 e. The summed E-state index contributed by atoms with van der Waals surface area (Å²) in [4.78, 5) is 23.9. The van der Waals surface area contributed by atoms with Gasteiger partial charge in [0, 0.05) is 6.54 Å². The summed E-state index contributed by atoms with van der Waals surface area (Å²) in [5.41, 5.74) is 1.80. The number of ether oxygens (including phenoxy) is 1. The van der Waals surface area contributed by atoms with Crippen LogP contribution in [-0.2, 0) is 16.0 Å². The van der Waals surface area contributed by atoms with Crippen molar-refractivity contribution in [3.05, 3.63) is 65.7 Å². The van der Waals surface area contributed by atoms with E-state index in [9.17, 15) is 14.7 Å². The van der Waals surface area contributed by atoms with Crippen LogP contribution in [0.5, 0.6) is 5.75 Å². The predicted octanol–water partition coefficient (Wildman–Crippen LogP) is 3.25. The van der Waals surface area contributed by atoms with Gasteiger partial charge in [0.1, 0.15) is 5.75 Å². The fraction of sp³-hybridized carbons (Fsp3) is 0.333. The van der Waals surface area contributed by atoms with Crippen LogP contribution in [0.3, 0.4) is 0 Å². The van der Waals surface area contributed by atoms with Crippen molar-refractivity contribution < 1.29 is 19.4 Å². The lowest BCUT2D eigenvalue weighted by molar-refractivity contribution is -0.141. The van der Waals surface area contributed by atoms with Crippen LogP contribution in [0.15, 0.2) is 54.6 Å². The van der Waals surface area contributed by atoms with Crippen LogP contribution in [0.1, 0.15) is 30.9 Å². The third-order valence-corrected chi connectivity index (χ3v) is 4.28. The van der Waals surface area contributed by atoms with E-state index < -0.39 is 11.9 Å². The van der Waals surface area contributed by atoms with Gasteiger partial charge in [0.05, 0.1) is 18.4 Å². The van der Waals surface area contributed by atoms with Crippen LogP contribution in [0, 0.1) is 5.92 Å². The smallest absolute Gasteiger partial charge is 0.308 e. The van der Waals surface area contributed by atoms with E-state index in [1.54, 1.807) is 0 Å². The van der Waals surface area contributed by atoms with E-state index in [1.807, 2.05) is 68.4 Å². The maximum Gasteiger partial charge on any atom is 0.308 e. The fourth-order valence-corrected chi connectivity index (χ4v) is 2.69. The summed E-state index contributed by atoms with van der Waals surface area (Å²) >= 11 is 0. The first-order valence-electron chi connectivity index (χ1n) is 8.78. The van der Waals surface area contributed by atoms with Crippen molar-refractivity contribution in [1.82, 2.24) is 5.32 Å². The highest BCUT2D eigenvalue weighted by Gasteiger charge is 2.21. The monoisotopic (exact) mass is 355 g/mol. The number of carboxylic acids is 1. The molecule has 0 aliphatic heterocycles. The minimum absolute atomic E-state index is 0.0958. The molecular weight excluding hydrogens is 330 g/mol. The Bertz CT molecular complexity index is 713. The van der Waals surface area contributed by atoms with E-state index in [1.165, 1.54) is 0 Å². The zero-order valence-corrected chi connectivity index (χ0v) is 15.1. The fourth-order valence-electron chi connectivity index (χ4n) is 2.69. The Kier molecular flexibility index (Phi) is 7.21. The zero-order chi connectivity index (χ0) is 18.9. The molecule has 1 unspecified atom stereocenters. The summed E-state index contributed by atoms with van der Waals surface area (Å²) in [6.07, 6.45) is 0.349. The number of aliphatic carboxylic acids is 1. The van der Waals surface area contributed by atoms with Gasteiger partial charge in [0.25, 0.3) is 0 Å². The number of carbonyl (C=O) groups is 2. The SMILES string of the molecule is CCOc1ccc(CC(CNC(=O)[C@@H](C)c2ccccc2)C(=O)O)cc1. The maximum atomic E-state index is 12.3. The summed E-state index contributed by atoms with van der Waals surface area (Å²) in [5.74, 6) is -1.34. The first kappa shape index (κ1) is 19.5. The Morgan fingerprint density at radius 2 is 1.73 bits per heavy atom. The van der Waals surface area contributed by atoms with Crippen LogP contribution in [0.2, 0.25) is 0 Å². The molecule has 1 amide bonds. The molecule has 0 heterocycles. The first-order chi connectivity index (χ1) is 12.5. The van der Waals surface area contributed by atoms with Gasteiger partial charge in [0.15, 0.2) is 0 Å². The highest BCUT2D eigenvalue weighted by atomic mass is 16.5. The lowest BCUT2D eigenvalue weighted by atomic mass is 9.97. The van der Waals surface area contributed by atoms with Crippen molar-refractivity contribution in [2.45, 2.75) is 26.2 Å². The standard InChI is InChI=1S/C21H25NO4/c1-3-26-19-11-9-16(10-12-19)13-18(21(24)25)14-22-20(23)15(2)17-7-5-4-6-8-17/h4-12,15,18H,3,13-14H2,1-2H3,(H,22,23)(H,24,25)/t15-,18?/m0/s1. The zero-order valence-electron chi connectivity index (χ0n) is 15.1. The number of carboxylic acid groups (broad SMARTS) is 1. The van der Waals surface area contributed by atoms with Crippen molar-refractivity contribution in [3.63, 3.8) is 0 Å². The Labute approximate surface area is 154 Å². The summed E-state index contributed by atoms with van der Waals surface area (Å²) in [5, 5.41) is 12.2. The molecule has 2 aromatic carbocycles. The molecule has 0 aliphatic rings. The third kappa shape index (κ3) is 5.62. The molecule has 0 radical (unpaired) electrons. The molecule has 2 N–H and O–H groups in total. The van der Waals surface area contributed by atoms with Crippen LogP contribution in [-0.4, -0.2) is 30.1 Å². The van der Waals surface area contributed by atoms with Crippen LogP contribution < -0.4 is 10.1 Å². The molecule has 0 aliphatic carbocycles. The summed E-state index contributed by atoms with van der Waals surface area (Å²) in [6.45, 7) is 4.40. The average molecular weight is 355 g/mol. The molecule has 0 saturated heterocycles. The lowest BCUT2D eigenvalue weighted by Crippen LogP contribution is -2.36. The maximum absolute atomic E-state index is 12.3. The molecule has 2 atom stereocenters. The molecule has 0 spiro atoms. The molecule has 2 aromatic rings. The molecule has 138 valence electrons. The van der Waals surface area contributed by atoms with Crippen molar-refractivity contribution in [1.29, 1.82) is 0 Å². The normalized spacial score (nSPS) is 12.8. The summed E-state index contributed by atoms with van der Waals surface area (Å²) in [7, 11) is 0. The van der Waals surface area contributed by atoms with Gasteiger partial charge in [-0.05, 0) is 43.5 Å². The Morgan fingerprint density at radius 1 is 1.08 bits per heavy atom. The molecule has 5 heteroatoms. The first-order valence-corrected chi connectivity index (χ1v) is 8.78. The molecule has 0 aromatic heterocycles. The van der Waals surface area contributed by atoms with Gasteiger partial charge >= 0.3 is 5.97 Å². The van der Waals surface area contributed by atoms with Gasteiger partial charge in [-0.1, -0.05) is 42.5 Å².